The molecule has 0 unspecified atom stereocenters. The van der Waals surface area contributed by atoms with Gasteiger partial charge in [0, 0.05) is 42.1 Å². The number of fused-ring (bicyclic) bond motifs is 3. The van der Waals surface area contributed by atoms with E-state index >= 15 is 0 Å². The average molecular weight is 669 g/mol. The predicted octanol–water partition coefficient (Wildman–Crippen LogP) is 5.65. The first-order valence-electron chi connectivity index (χ1n) is 16.2. The molecule has 1 aliphatic heterocycles. The number of allylic oxidation sites excluding steroid dienone is 1. The van der Waals surface area contributed by atoms with Crippen LogP contribution in [0.4, 0.5) is 5.69 Å². The van der Waals surface area contributed by atoms with Gasteiger partial charge in [-0.1, -0.05) is 42.5 Å². The Morgan fingerprint density at radius 2 is 2.09 bits per heavy atom. The normalized spacial score (nSPS) is 23.8. The van der Waals surface area contributed by atoms with Crippen molar-refractivity contribution in [3.8, 4) is 17.6 Å². The first kappa shape index (κ1) is 34.3. The van der Waals surface area contributed by atoms with Gasteiger partial charge in [0.25, 0.3) is 5.91 Å². The molecule has 4 atom stereocenters. The Morgan fingerprint density at radius 3 is 2.76 bits per heavy atom. The summed E-state index contributed by atoms with van der Waals surface area (Å²) >= 11 is 6.42. The van der Waals surface area contributed by atoms with Crippen LogP contribution in [0.25, 0.3) is 0 Å². The number of halogens is 1. The van der Waals surface area contributed by atoms with Gasteiger partial charge in [-0.2, -0.15) is 0 Å². The Morgan fingerprint density at radius 1 is 1.28 bits per heavy atom. The van der Waals surface area contributed by atoms with Crippen LogP contribution in [-0.2, 0) is 26.6 Å². The van der Waals surface area contributed by atoms with Crippen LogP contribution in [0.1, 0.15) is 74.4 Å². The van der Waals surface area contributed by atoms with Gasteiger partial charge in [0.1, 0.15) is 18.0 Å². The highest BCUT2D eigenvalue weighted by Crippen LogP contribution is 2.48. The van der Waals surface area contributed by atoms with E-state index in [1.54, 1.807) is 25.3 Å². The molecule has 2 N–H and O–H groups in total. The number of aliphatic hydroxyl groups excluding tert-OH is 1. The first-order valence-corrected chi connectivity index (χ1v) is 18.1. The number of amides is 1. The largest absolute Gasteiger partial charge is 0.490 e. The maximum Gasteiger partial charge on any atom is 0.264 e. The van der Waals surface area contributed by atoms with Gasteiger partial charge in [0.05, 0.1) is 17.5 Å². The molecule has 0 saturated heterocycles. The van der Waals surface area contributed by atoms with Gasteiger partial charge in [-0.25, -0.2) is 13.1 Å². The molecule has 2 aliphatic carbocycles. The van der Waals surface area contributed by atoms with Crippen molar-refractivity contribution in [3.63, 3.8) is 0 Å². The lowest BCUT2D eigenvalue weighted by Gasteiger charge is -2.48. The molecule has 0 bridgehead atoms. The van der Waals surface area contributed by atoms with Crippen molar-refractivity contribution in [2.75, 3.05) is 38.3 Å². The van der Waals surface area contributed by atoms with Crippen LogP contribution in [0.2, 0.25) is 5.02 Å². The number of benzene rings is 2. The minimum absolute atomic E-state index is 0.0861. The summed E-state index contributed by atoms with van der Waals surface area (Å²) in [7, 11) is -2.14. The molecule has 1 fully saturated rings. The average Bonchev–Trinajstić information content (AvgIpc) is 3.17. The second kappa shape index (κ2) is 14.0. The number of rotatable bonds is 9. The number of aliphatic hydroxyl groups is 1. The molecule has 0 aromatic heterocycles. The van der Waals surface area contributed by atoms with Crippen molar-refractivity contribution in [1.29, 1.82) is 0 Å². The fourth-order valence-electron chi connectivity index (χ4n) is 7.20. The number of carbonyl (C=O) groups excluding carboxylic acids is 1. The lowest BCUT2D eigenvalue weighted by molar-refractivity contribution is -0.0351. The summed E-state index contributed by atoms with van der Waals surface area (Å²) in [5.41, 5.74) is 2.34. The number of sulfonamides is 1. The van der Waals surface area contributed by atoms with E-state index in [-0.39, 0.29) is 29.4 Å². The molecular weight excluding hydrogens is 624 g/mol. The number of aryl methyl sites for hydroxylation is 1. The number of nitrogens with one attached hydrogen (secondary N) is 1. The summed E-state index contributed by atoms with van der Waals surface area (Å²) in [6.45, 7) is 6.67. The quantitative estimate of drug-likeness (QED) is 0.263. The SMILES string of the molecule is CC/C=C/[C@@](C#CCO)(OC)[C@@H]1CC[C@H]1CN1C[C@@]2(CCCc3cc(Cl)ccc32)COc2ccc(C(=O)NS(=O)(=O)C(C)C)cc21. The second-order valence-electron chi connectivity index (χ2n) is 13.0. The molecular formula is C36H45ClN2O6S. The van der Waals surface area contributed by atoms with Crippen molar-refractivity contribution < 1.29 is 27.8 Å². The molecule has 8 nitrogen and oxygen atoms in total. The maximum absolute atomic E-state index is 13.2. The highest BCUT2D eigenvalue weighted by molar-refractivity contribution is 7.90. The molecule has 248 valence electrons. The third kappa shape index (κ3) is 6.82. The van der Waals surface area contributed by atoms with Gasteiger partial charge in [0.2, 0.25) is 10.0 Å². The van der Waals surface area contributed by atoms with Crippen LogP contribution in [-0.4, -0.2) is 63.7 Å². The van der Waals surface area contributed by atoms with Crippen molar-refractivity contribution in [2.45, 2.75) is 75.6 Å². The van der Waals surface area contributed by atoms with Crippen LogP contribution in [0, 0.1) is 23.7 Å². The summed E-state index contributed by atoms with van der Waals surface area (Å²) in [5.74, 6) is 6.34. The van der Waals surface area contributed by atoms with Gasteiger partial charge in [0.15, 0.2) is 0 Å². The van der Waals surface area contributed by atoms with Crippen molar-refractivity contribution in [3.05, 3.63) is 70.3 Å². The molecule has 2 aromatic rings. The standard InChI is InChI=1S/C36H45ClN2O6S/c1-5-6-17-36(44-4,18-8-19-40)31-13-10-28(31)22-39-23-35(16-7-9-26-20-29(37)12-14-30(26)35)24-45-33-15-11-27(21-32(33)39)34(41)38-46(42,43)25(2)3/h6,11-12,14-15,17,20-21,25,28,31,40H,5,7,9-10,13,16,19,22-24H2,1-4H3,(H,38,41)/b17-6+/t28-,31+,35-,36-/m0/s1. The Kier molecular flexibility index (Phi) is 10.4. The monoisotopic (exact) mass is 668 g/mol. The molecule has 2 aromatic carbocycles. The van der Waals surface area contributed by atoms with E-state index in [1.165, 1.54) is 25.0 Å². The van der Waals surface area contributed by atoms with E-state index < -0.39 is 26.8 Å². The van der Waals surface area contributed by atoms with Gasteiger partial charge in [-0.3, -0.25) is 4.79 Å². The van der Waals surface area contributed by atoms with E-state index in [4.69, 9.17) is 21.1 Å². The van der Waals surface area contributed by atoms with Gasteiger partial charge < -0.3 is 19.5 Å². The lowest BCUT2D eigenvalue weighted by Crippen LogP contribution is -2.52. The second-order valence-corrected chi connectivity index (χ2v) is 15.7. The number of carbonyl (C=O) groups is 1. The minimum atomic E-state index is -3.81. The zero-order valence-corrected chi connectivity index (χ0v) is 28.7. The van der Waals surface area contributed by atoms with E-state index in [1.807, 2.05) is 12.1 Å². The molecule has 1 spiro atoms. The molecule has 1 amide bonds. The molecule has 0 radical (unpaired) electrons. The molecule has 5 rings (SSSR count). The van der Waals surface area contributed by atoms with Crippen LogP contribution < -0.4 is 14.4 Å². The molecule has 46 heavy (non-hydrogen) atoms. The maximum atomic E-state index is 13.2. The summed E-state index contributed by atoms with van der Waals surface area (Å²) in [6, 6.07) is 11.3. The topological polar surface area (TPSA) is 105 Å². The smallest absolute Gasteiger partial charge is 0.264 e. The van der Waals surface area contributed by atoms with E-state index in [0.717, 1.165) is 49.2 Å². The van der Waals surface area contributed by atoms with E-state index in [9.17, 15) is 18.3 Å². The molecule has 3 aliphatic rings. The van der Waals surface area contributed by atoms with Crippen molar-refractivity contribution >= 4 is 33.2 Å². The van der Waals surface area contributed by atoms with Crippen LogP contribution in [0.5, 0.6) is 5.75 Å². The number of hydrogen-bond donors (Lipinski definition) is 2. The zero-order valence-electron chi connectivity index (χ0n) is 27.1. The summed E-state index contributed by atoms with van der Waals surface area (Å²) in [4.78, 5) is 15.5. The molecule has 10 heteroatoms. The lowest BCUT2D eigenvalue weighted by atomic mass is 9.64. The number of hydrogen-bond acceptors (Lipinski definition) is 7. The van der Waals surface area contributed by atoms with E-state index in [2.05, 4.69) is 46.6 Å². The highest BCUT2D eigenvalue weighted by atomic mass is 35.5. The first-order chi connectivity index (χ1) is 22.0. The number of methoxy groups -OCH3 is 1. The number of nitrogens with zero attached hydrogens (tertiary/aromatic N) is 1. The highest BCUT2D eigenvalue weighted by Gasteiger charge is 2.48. The van der Waals surface area contributed by atoms with Gasteiger partial charge >= 0.3 is 0 Å². The number of ether oxygens (including phenoxy) is 2. The Hall–Kier alpha value is -3.03. The fraction of sp³-hybridized carbons (Fsp3) is 0.528. The third-order valence-electron chi connectivity index (χ3n) is 9.88. The summed E-state index contributed by atoms with van der Waals surface area (Å²) in [5, 5.41) is 9.52. The van der Waals surface area contributed by atoms with Crippen LogP contribution in [0.15, 0.2) is 48.6 Å². The summed E-state index contributed by atoms with van der Waals surface area (Å²) < 4.78 is 40.0. The predicted molar refractivity (Wildman–Crippen MR) is 182 cm³/mol. The Balaban J connectivity index is 1.56. The molecule has 1 heterocycles. The van der Waals surface area contributed by atoms with Gasteiger partial charge in [-0.15, -0.1) is 0 Å². The summed E-state index contributed by atoms with van der Waals surface area (Å²) in [6.07, 6.45) is 9.71. The number of anilines is 1. The van der Waals surface area contributed by atoms with Crippen LogP contribution >= 0.6 is 11.6 Å². The third-order valence-corrected chi connectivity index (χ3v) is 11.8. The minimum Gasteiger partial charge on any atom is -0.490 e. The van der Waals surface area contributed by atoms with Crippen molar-refractivity contribution in [1.82, 2.24) is 4.72 Å². The van der Waals surface area contributed by atoms with Crippen LogP contribution in [0.3, 0.4) is 0 Å². The van der Waals surface area contributed by atoms with Crippen molar-refractivity contribution in [2.24, 2.45) is 11.8 Å². The Labute approximate surface area is 278 Å². The van der Waals surface area contributed by atoms with Gasteiger partial charge in [-0.05, 0) is 106 Å². The molecule has 1 saturated carbocycles. The van der Waals surface area contributed by atoms with E-state index in [0.29, 0.717) is 25.4 Å². The fourth-order valence-corrected chi connectivity index (χ4v) is 8.00. The zero-order chi connectivity index (χ0) is 33.1. The Bertz CT molecular complexity index is 1650.